The minimum Gasteiger partial charge on any atom is -0.460 e. The quantitative estimate of drug-likeness (QED) is 0.0104. The number of carbonyl (C=O) groups excluding carboxylic acids is 7. The Labute approximate surface area is 749 Å². The van der Waals surface area contributed by atoms with Crippen LogP contribution in [0.1, 0.15) is 161 Å². The first-order valence-electron chi connectivity index (χ1n) is 45.4. The van der Waals surface area contributed by atoms with Crippen molar-refractivity contribution in [3.8, 4) is 11.3 Å². The lowest BCUT2D eigenvalue weighted by Gasteiger charge is -2.43. The van der Waals surface area contributed by atoms with E-state index < -0.39 is 114 Å². The van der Waals surface area contributed by atoms with E-state index in [4.69, 9.17) is 83.6 Å². The monoisotopic (exact) mass is 1790 g/mol. The number of oxazole rings is 1. The number of hydrogen-bond donors (Lipinski definition) is 6. The molecule has 9 N–H and O–H groups in total. The van der Waals surface area contributed by atoms with Gasteiger partial charge in [-0.2, -0.15) is 10.1 Å². The molecule has 0 spiro atoms. The summed E-state index contributed by atoms with van der Waals surface area (Å²) in [5.74, 6) is -8.02. The zero-order valence-corrected chi connectivity index (χ0v) is 76.0. The second-order valence-corrected chi connectivity index (χ2v) is 35.4. The fourth-order valence-corrected chi connectivity index (χ4v) is 18.2. The Morgan fingerprint density at radius 1 is 0.711 bits per heavy atom. The van der Waals surface area contributed by atoms with E-state index in [1.807, 2.05) is 85.9 Å². The number of amides is 3. The summed E-state index contributed by atoms with van der Waals surface area (Å²) in [7, 11) is 4.51. The Balaban J connectivity index is 0.554. The molecule has 0 radical (unpaired) electrons. The SMILES string of the molecule is CO[C@H]1C[C@@H]2CC[C@@H](C)[C@@](O)(O2)C(=O)C(=O)N2CCCC[C@H]2C(=O)O[C@H]([C@H](C)C[C@@H]2CC[C@@H](OC(=O)N3CCC(N)(C(=O)COCCOCCOCCOCCOCCOCCC(=O)N4CCc5cc(Cn6nc(-c7ccc8oc(N)nc8c7)c7c(N)ncnc76)ccc5C4)CC3)[C@H](OC)C2)C[C@@H](O)[C@H](C)/C=C(\C)[C@@H](O)[C@@H](OC)C(=O)[C@H](C)C[C@H](C)/C=C/C=C/C=C/1C. The number of methoxy groups -OCH3 is 3. The number of likely N-dealkylation sites (tertiary alicyclic amines) is 1. The number of ketones is 3. The molecule has 34 heteroatoms. The van der Waals surface area contributed by atoms with E-state index in [0.29, 0.717) is 169 Å². The maximum atomic E-state index is 14.9. The summed E-state index contributed by atoms with van der Waals surface area (Å²) >= 11 is 0. The number of nitrogen functional groups attached to an aromatic ring is 2. The zero-order valence-electron chi connectivity index (χ0n) is 76.0. The van der Waals surface area contributed by atoms with Gasteiger partial charge in [0.05, 0.1) is 121 Å². The smallest absolute Gasteiger partial charge is 0.410 e. The number of esters is 1. The highest BCUT2D eigenvalue weighted by atomic mass is 16.6. The van der Waals surface area contributed by atoms with Crippen molar-refractivity contribution in [2.24, 2.45) is 41.2 Å². The van der Waals surface area contributed by atoms with Gasteiger partial charge in [0.15, 0.2) is 22.8 Å². The van der Waals surface area contributed by atoms with Crippen molar-refractivity contribution in [3.05, 3.63) is 107 Å². The molecule has 5 aliphatic heterocycles. The number of ether oxygens (including phenoxy) is 12. The third-order valence-electron chi connectivity index (χ3n) is 26.1. The van der Waals surface area contributed by atoms with Crippen LogP contribution in [-0.4, -0.2) is 289 Å². The van der Waals surface area contributed by atoms with Gasteiger partial charge in [-0.05, 0) is 161 Å². The van der Waals surface area contributed by atoms with Gasteiger partial charge in [-0.25, -0.2) is 24.2 Å². The summed E-state index contributed by atoms with van der Waals surface area (Å²) in [6.07, 6.45) is 11.4. The predicted octanol–water partition coefficient (Wildman–Crippen LogP) is 8.71. The summed E-state index contributed by atoms with van der Waals surface area (Å²) in [5.41, 5.74) is 25.4. The lowest BCUT2D eigenvalue weighted by Crippen LogP contribution is -2.61. The minimum atomic E-state index is -2.48. The molecular formula is C94H135N11O23. The topological polar surface area (TPSA) is 448 Å². The highest BCUT2D eigenvalue weighted by Crippen LogP contribution is 2.41. The molecule has 1 aliphatic carbocycles. The summed E-state index contributed by atoms with van der Waals surface area (Å²) in [4.78, 5) is 116. The molecule has 3 aromatic heterocycles. The van der Waals surface area contributed by atoms with Crippen LogP contribution in [0.2, 0.25) is 0 Å². The van der Waals surface area contributed by atoms with Gasteiger partial charge in [0.2, 0.25) is 11.7 Å². The average Bonchev–Trinajstić information content (AvgIpc) is 1.56. The Hall–Kier alpha value is -8.85. The van der Waals surface area contributed by atoms with Crippen LogP contribution >= 0.6 is 0 Å². The van der Waals surface area contributed by atoms with Crippen LogP contribution in [0.3, 0.4) is 0 Å². The van der Waals surface area contributed by atoms with Crippen molar-refractivity contribution < 1.29 is 110 Å². The summed E-state index contributed by atoms with van der Waals surface area (Å²) < 4.78 is 77.7. The number of anilines is 2. The van der Waals surface area contributed by atoms with Crippen LogP contribution in [0.5, 0.6) is 0 Å². The maximum Gasteiger partial charge on any atom is 0.410 e. The summed E-state index contributed by atoms with van der Waals surface area (Å²) in [5, 5.41) is 41.6. The molecule has 3 saturated heterocycles. The number of carbonyl (C=O) groups is 7. The van der Waals surface area contributed by atoms with Crippen LogP contribution in [-0.2, 0) is 105 Å². The molecule has 16 atom stereocenters. The lowest BCUT2D eigenvalue weighted by molar-refractivity contribution is -0.265. The van der Waals surface area contributed by atoms with Gasteiger partial charge < -0.3 is 108 Å². The molecule has 1 saturated carbocycles. The molecular weight excluding hydrogens is 1650 g/mol. The van der Waals surface area contributed by atoms with Crippen LogP contribution in [0, 0.1) is 35.5 Å². The van der Waals surface area contributed by atoms with Crippen molar-refractivity contribution in [1.29, 1.82) is 0 Å². The van der Waals surface area contributed by atoms with E-state index in [1.165, 1.54) is 23.9 Å². The number of aliphatic hydroxyl groups excluding tert-OH is 2. The first-order chi connectivity index (χ1) is 61.5. The number of cyclic esters (lactones) is 1. The molecule has 3 amide bonds. The maximum absolute atomic E-state index is 14.9. The van der Waals surface area contributed by atoms with Gasteiger partial charge in [0.1, 0.15) is 60.4 Å². The third-order valence-corrected chi connectivity index (χ3v) is 26.1. The number of Topliss-reactive ketones (excluding diaryl/α,β-unsaturated/α-hetero) is 3. The Morgan fingerprint density at radius 3 is 2.11 bits per heavy atom. The molecule has 6 aliphatic rings. The van der Waals surface area contributed by atoms with Crippen LogP contribution in [0.15, 0.2) is 94.7 Å². The second kappa shape index (κ2) is 47.8. The summed E-state index contributed by atoms with van der Waals surface area (Å²) in [6, 6.07) is 10.7. The number of aliphatic hydroxyl groups is 3. The van der Waals surface area contributed by atoms with E-state index in [-0.39, 0.29) is 120 Å². The molecule has 2 bridgehead atoms. The lowest BCUT2D eigenvalue weighted by atomic mass is 9.78. The number of hydrogen-bond acceptors (Lipinski definition) is 30. The molecule has 128 heavy (non-hydrogen) atoms. The molecule has 704 valence electrons. The molecule has 4 fully saturated rings. The second-order valence-electron chi connectivity index (χ2n) is 35.4. The van der Waals surface area contributed by atoms with Crippen molar-refractivity contribution in [2.75, 3.05) is 138 Å². The highest BCUT2D eigenvalue weighted by molar-refractivity contribution is 6.39. The van der Waals surface area contributed by atoms with Crippen molar-refractivity contribution >= 4 is 75.2 Å². The Bertz CT molecular complexity index is 4660. The first-order valence-corrected chi connectivity index (χ1v) is 45.4. The van der Waals surface area contributed by atoms with Crippen LogP contribution < -0.4 is 17.2 Å². The van der Waals surface area contributed by atoms with Gasteiger partial charge in [-0.1, -0.05) is 89.3 Å². The molecule has 8 heterocycles. The van der Waals surface area contributed by atoms with Gasteiger partial charge in [0.25, 0.3) is 17.7 Å². The average molecular weight is 1790 g/mol. The number of allylic oxidation sites excluding steroid dienone is 5. The minimum absolute atomic E-state index is 0.0161. The zero-order chi connectivity index (χ0) is 91.8. The van der Waals surface area contributed by atoms with Gasteiger partial charge in [-0.15, -0.1) is 0 Å². The third kappa shape index (κ3) is 26.5. The molecule has 2 aromatic carbocycles. The standard InChI is InChI=1S/C94H135N11O23/c1-58-16-12-11-13-17-59(2)76(116-8)52-70-24-19-64(7)94(115,128-70)86(111)89(112)104-31-15-14-18-72(104)90(113)125-77(53-73(106)60(3)47-63(6)84(110)85(118-10)83(109)62(5)46-58)61(4)48-65-21-25-75(78(50-65)117-9)127-92(114)102-33-29-93(97,30-34-102)79(107)56-124-45-44-123-43-42-122-41-40-121-39-38-120-37-36-119-35-28-80(108)103-32-27-67-49-66(20-22-69(67)55-103)54-105-88-81(87(95)98-57-99-88)82(101-105)68-23-26-74-71(51-68)100-91(96)126-74/h11-13,16-17,20,22-23,26,47,49,51,57-58,60-62,64-65,70,72-73,75-78,84-85,106,110,115H,14-15,18-19,21,24-25,27-46,48,50,52-56,97H2,1-10H3,(H2,96,100)(H2,95,98,99)/b13-11+,16-12+,59-17+,63-47+/t58-,60-,61-,62-,64-,65+,70+,72+,73-,75-,76+,77+,78-,84-,85+,94-/m1/s1. The molecule has 5 aromatic rings. The number of nitrogens with zero attached hydrogens (tertiary/aromatic N) is 8. The number of rotatable bonds is 31. The highest BCUT2D eigenvalue weighted by Gasteiger charge is 2.54. The molecule has 0 unspecified atom stereocenters. The van der Waals surface area contributed by atoms with Crippen LogP contribution in [0.25, 0.3) is 33.4 Å². The van der Waals surface area contributed by atoms with Crippen molar-refractivity contribution in [2.45, 2.75) is 230 Å². The van der Waals surface area contributed by atoms with Gasteiger partial charge >= 0.3 is 12.1 Å². The van der Waals surface area contributed by atoms with Crippen molar-refractivity contribution in [3.63, 3.8) is 0 Å². The fraction of sp³-hybridized carbons (Fsp3) is 0.649. The predicted molar refractivity (Wildman–Crippen MR) is 474 cm³/mol. The number of nitrogens with two attached hydrogens (primary N) is 3. The number of piperidine rings is 2. The fourth-order valence-electron chi connectivity index (χ4n) is 18.2. The molecule has 34 nitrogen and oxygen atoms in total. The van der Waals surface area contributed by atoms with Crippen molar-refractivity contribution in [1.82, 2.24) is 39.4 Å². The van der Waals surface area contributed by atoms with Gasteiger partial charge in [0, 0.05) is 90.2 Å². The summed E-state index contributed by atoms with van der Waals surface area (Å²) in [6.45, 7) is 17.9. The van der Waals surface area contributed by atoms with E-state index in [9.17, 15) is 48.9 Å². The number of aromatic nitrogens is 5. The number of fused-ring (bicyclic) bond motifs is 6. The first kappa shape index (κ1) is 99.7. The van der Waals surface area contributed by atoms with E-state index in [2.05, 4.69) is 27.1 Å². The van der Waals surface area contributed by atoms with Gasteiger partial charge in [-0.3, -0.25) is 24.0 Å². The Morgan fingerprint density at radius 2 is 1.41 bits per heavy atom. The number of benzene rings is 2. The molecule has 11 rings (SSSR count). The van der Waals surface area contributed by atoms with E-state index in [0.717, 1.165) is 28.7 Å². The van der Waals surface area contributed by atoms with E-state index >= 15 is 0 Å². The van der Waals surface area contributed by atoms with E-state index in [1.54, 1.807) is 52.0 Å². The largest absolute Gasteiger partial charge is 0.460 e. The van der Waals surface area contributed by atoms with Crippen LogP contribution in [0.4, 0.5) is 16.6 Å². The Kier molecular flexibility index (Phi) is 37.3. The normalized spacial score (nSPS) is 28.6.